The summed E-state index contributed by atoms with van der Waals surface area (Å²) in [6.45, 7) is 3.53. The fourth-order valence-corrected chi connectivity index (χ4v) is 3.84. The maximum Gasteiger partial charge on any atom is 0.122 e. The van der Waals surface area contributed by atoms with Crippen LogP contribution in [0.3, 0.4) is 0 Å². The Morgan fingerprint density at radius 3 is 2.90 bits per heavy atom. The minimum atomic E-state index is -1.11. The van der Waals surface area contributed by atoms with Crippen molar-refractivity contribution in [1.29, 1.82) is 0 Å². The highest BCUT2D eigenvalue weighted by atomic mass is 19.1. The van der Waals surface area contributed by atoms with Crippen molar-refractivity contribution in [2.24, 2.45) is 0 Å². The lowest BCUT2D eigenvalue weighted by Crippen LogP contribution is -2.40. The Morgan fingerprint density at radius 2 is 2.10 bits per heavy atom. The molecule has 116 valence electrons. The highest BCUT2D eigenvalue weighted by Crippen LogP contribution is 2.40. The molecule has 0 spiro atoms. The van der Waals surface area contributed by atoms with Crippen LogP contribution in [-0.4, -0.2) is 24.9 Å². The highest BCUT2D eigenvalue weighted by Gasteiger charge is 2.34. The van der Waals surface area contributed by atoms with Gasteiger partial charge in [0.2, 0.25) is 0 Å². The van der Waals surface area contributed by atoms with Crippen LogP contribution in [0.4, 0.5) is 4.39 Å². The molecule has 0 bridgehead atoms. The molecule has 0 amide bonds. The van der Waals surface area contributed by atoms with E-state index >= 15 is 4.39 Å². The van der Waals surface area contributed by atoms with Gasteiger partial charge in [-0.2, -0.15) is 0 Å². The van der Waals surface area contributed by atoms with Crippen molar-refractivity contribution in [3.8, 4) is 5.75 Å². The summed E-state index contributed by atoms with van der Waals surface area (Å²) in [4.78, 5) is 0. The molecule has 1 fully saturated rings. The van der Waals surface area contributed by atoms with Crippen molar-refractivity contribution < 1.29 is 9.13 Å². The fraction of sp³-hybridized carbons (Fsp3) is 0.667. The Hall–Kier alpha value is -1.09. The van der Waals surface area contributed by atoms with Gasteiger partial charge in [0.25, 0.3) is 0 Å². The first-order chi connectivity index (χ1) is 10.1. The van der Waals surface area contributed by atoms with Crippen LogP contribution in [0.1, 0.15) is 56.9 Å². The predicted molar refractivity (Wildman–Crippen MR) is 83.7 cm³/mol. The van der Waals surface area contributed by atoms with Crippen molar-refractivity contribution in [3.63, 3.8) is 0 Å². The number of nitrogens with one attached hydrogen (secondary N) is 1. The first-order valence-corrected chi connectivity index (χ1v) is 8.28. The summed E-state index contributed by atoms with van der Waals surface area (Å²) in [5.41, 5.74) is 0.0775. The summed E-state index contributed by atoms with van der Waals surface area (Å²) >= 11 is 0. The molecular formula is C18H26FNO. The molecule has 3 atom stereocenters. The summed E-state index contributed by atoms with van der Waals surface area (Å²) in [5, 5.41) is 3.47. The Kier molecular flexibility index (Phi) is 4.48. The molecular weight excluding hydrogens is 265 g/mol. The van der Waals surface area contributed by atoms with Gasteiger partial charge in [0.05, 0.1) is 6.61 Å². The summed E-state index contributed by atoms with van der Waals surface area (Å²) in [5.74, 6) is 1.23. The maximum absolute atomic E-state index is 15.1. The molecule has 3 rings (SSSR count). The lowest BCUT2D eigenvalue weighted by atomic mass is 9.81. The molecule has 0 aromatic heterocycles. The van der Waals surface area contributed by atoms with Crippen molar-refractivity contribution >= 4 is 0 Å². The van der Waals surface area contributed by atoms with Gasteiger partial charge in [0, 0.05) is 6.04 Å². The normalized spacial score (nSPS) is 28.3. The molecule has 1 aromatic rings. The zero-order valence-corrected chi connectivity index (χ0v) is 12.9. The number of para-hydroxylation sites is 1. The third-order valence-corrected chi connectivity index (χ3v) is 4.84. The SMILES string of the molecule is CC(F)(CC1CCCCN1)CC1CCOc2ccccc21. The lowest BCUT2D eigenvalue weighted by Gasteiger charge is -2.34. The van der Waals surface area contributed by atoms with E-state index in [2.05, 4.69) is 11.4 Å². The minimum Gasteiger partial charge on any atom is -0.493 e. The van der Waals surface area contributed by atoms with E-state index in [-0.39, 0.29) is 5.92 Å². The first-order valence-electron chi connectivity index (χ1n) is 8.28. The van der Waals surface area contributed by atoms with Crippen LogP contribution < -0.4 is 10.1 Å². The number of hydrogen-bond acceptors (Lipinski definition) is 2. The van der Waals surface area contributed by atoms with E-state index in [1.807, 2.05) is 18.2 Å². The second-order valence-electron chi connectivity index (χ2n) is 6.84. The summed E-state index contributed by atoms with van der Waals surface area (Å²) < 4.78 is 20.8. The molecule has 3 heteroatoms. The van der Waals surface area contributed by atoms with E-state index in [1.165, 1.54) is 18.4 Å². The maximum atomic E-state index is 15.1. The van der Waals surface area contributed by atoms with E-state index in [1.54, 1.807) is 6.92 Å². The van der Waals surface area contributed by atoms with Crippen molar-refractivity contribution in [2.75, 3.05) is 13.2 Å². The third-order valence-electron chi connectivity index (χ3n) is 4.84. The van der Waals surface area contributed by atoms with Crippen molar-refractivity contribution in [2.45, 2.75) is 63.1 Å². The Morgan fingerprint density at radius 1 is 1.24 bits per heavy atom. The molecule has 0 aliphatic carbocycles. The molecule has 2 aliphatic rings. The summed E-state index contributed by atoms with van der Waals surface area (Å²) in [6, 6.07) is 8.46. The number of halogens is 1. The van der Waals surface area contributed by atoms with Gasteiger partial charge >= 0.3 is 0 Å². The van der Waals surface area contributed by atoms with Crippen LogP contribution in [0.15, 0.2) is 24.3 Å². The largest absolute Gasteiger partial charge is 0.493 e. The van der Waals surface area contributed by atoms with E-state index in [4.69, 9.17) is 4.74 Å². The average molecular weight is 291 g/mol. The molecule has 2 heterocycles. The number of hydrogen-bond donors (Lipinski definition) is 1. The Balaban J connectivity index is 1.65. The first kappa shape index (κ1) is 14.8. The highest BCUT2D eigenvalue weighted by molar-refractivity contribution is 5.37. The van der Waals surface area contributed by atoms with Gasteiger partial charge in [-0.3, -0.25) is 0 Å². The zero-order valence-electron chi connectivity index (χ0n) is 12.9. The third kappa shape index (κ3) is 3.76. The molecule has 1 N–H and O–H groups in total. The van der Waals surface area contributed by atoms with E-state index < -0.39 is 5.67 Å². The Labute approximate surface area is 127 Å². The number of piperidine rings is 1. The number of fused-ring (bicyclic) bond motifs is 1. The van der Waals surface area contributed by atoms with Crippen LogP contribution in [-0.2, 0) is 0 Å². The average Bonchev–Trinajstić information content (AvgIpc) is 2.48. The second-order valence-corrected chi connectivity index (χ2v) is 6.84. The van der Waals surface area contributed by atoms with Gasteiger partial charge in [0.1, 0.15) is 11.4 Å². The quantitative estimate of drug-likeness (QED) is 0.897. The number of benzene rings is 1. The molecule has 1 saturated heterocycles. The second kappa shape index (κ2) is 6.35. The topological polar surface area (TPSA) is 21.3 Å². The van der Waals surface area contributed by atoms with Gasteiger partial charge in [-0.15, -0.1) is 0 Å². The van der Waals surface area contributed by atoms with Crippen LogP contribution in [0.5, 0.6) is 5.75 Å². The standard InChI is InChI=1S/C18H26FNO/c1-18(19,13-15-6-4-5-10-20-15)12-14-9-11-21-17-8-3-2-7-16(14)17/h2-3,7-8,14-15,20H,4-6,9-13H2,1H3. The van der Waals surface area contributed by atoms with E-state index in [0.717, 1.165) is 25.1 Å². The van der Waals surface area contributed by atoms with Gasteiger partial charge < -0.3 is 10.1 Å². The molecule has 21 heavy (non-hydrogen) atoms. The van der Waals surface area contributed by atoms with Crippen LogP contribution in [0.25, 0.3) is 0 Å². The predicted octanol–water partition coefficient (Wildman–Crippen LogP) is 4.20. The Bertz CT molecular complexity index is 468. The summed E-state index contributed by atoms with van der Waals surface area (Å²) in [7, 11) is 0. The van der Waals surface area contributed by atoms with Gasteiger partial charge in [-0.1, -0.05) is 24.6 Å². The molecule has 3 unspecified atom stereocenters. The monoisotopic (exact) mass is 291 g/mol. The number of rotatable bonds is 4. The van der Waals surface area contributed by atoms with Gasteiger partial charge in [-0.25, -0.2) is 4.39 Å². The zero-order chi connectivity index (χ0) is 14.7. The number of alkyl halides is 1. The van der Waals surface area contributed by atoms with Gasteiger partial charge in [0.15, 0.2) is 0 Å². The van der Waals surface area contributed by atoms with Gasteiger partial charge in [-0.05, 0) is 63.1 Å². The van der Waals surface area contributed by atoms with Crippen LogP contribution in [0.2, 0.25) is 0 Å². The van der Waals surface area contributed by atoms with Crippen molar-refractivity contribution in [3.05, 3.63) is 29.8 Å². The smallest absolute Gasteiger partial charge is 0.122 e. The van der Waals surface area contributed by atoms with E-state index in [9.17, 15) is 0 Å². The molecule has 1 aromatic carbocycles. The van der Waals surface area contributed by atoms with Crippen LogP contribution >= 0.6 is 0 Å². The minimum absolute atomic E-state index is 0.286. The fourth-order valence-electron chi connectivity index (χ4n) is 3.84. The van der Waals surface area contributed by atoms with E-state index in [0.29, 0.717) is 25.5 Å². The molecule has 0 radical (unpaired) electrons. The van der Waals surface area contributed by atoms with Crippen LogP contribution in [0, 0.1) is 0 Å². The lowest BCUT2D eigenvalue weighted by molar-refractivity contribution is 0.115. The van der Waals surface area contributed by atoms with Crippen molar-refractivity contribution in [1.82, 2.24) is 5.32 Å². The molecule has 2 aliphatic heterocycles. The summed E-state index contributed by atoms with van der Waals surface area (Å²) in [6.07, 6.45) is 5.73. The molecule has 0 saturated carbocycles. The molecule has 2 nitrogen and oxygen atoms in total. The number of ether oxygens (including phenoxy) is 1.